The van der Waals surface area contributed by atoms with Gasteiger partial charge in [0.05, 0.1) is 37.4 Å². The molecule has 22 nitrogen and oxygen atoms in total. The van der Waals surface area contributed by atoms with Crippen LogP contribution in [-0.2, 0) is 47.4 Å². The first kappa shape index (κ1) is 56.4. The van der Waals surface area contributed by atoms with Crippen LogP contribution in [-0.4, -0.2) is 221 Å². The van der Waals surface area contributed by atoms with Crippen molar-refractivity contribution >= 4 is 5.97 Å². The van der Waals surface area contributed by atoms with E-state index in [1.165, 1.54) is 6.92 Å². The van der Waals surface area contributed by atoms with Crippen LogP contribution in [0.5, 0.6) is 0 Å². The van der Waals surface area contributed by atoms with Crippen molar-refractivity contribution < 1.29 is 109 Å². The first-order valence-corrected chi connectivity index (χ1v) is 27.0. The molecule has 0 amide bonds. The number of carbonyl (C=O) groups excluding carboxylic acids is 1. The number of aliphatic hydroxyl groups excluding tert-OH is 11. The second-order valence-corrected chi connectivity index (χ2v) is 25.4. The maximum atomic E-state index is 13.8. The van der Waals surface area contributed by atoms with Crippen LogP contribution in [0.2, 0.25) is 0 Å². The van der Waals surface area contributed by atoms with Gasteiger partial charge in [0.2, 0.25) is 0 Å². The summed E-state index contributed by atoms with van der Waals surface area (Å²) in [6, 6.07) is 0. The molecule has 5 aliphatic carbocycles. The van der Waals surface area contributed by atoms with Gasteiger partial charge in [0.15, 0.2) is 25.2 Å². The Kier molecular flexibility index (Phi) is 14.6. The number of fused-ring (bicyclic) bond motifs is 7. The van der Waals surface area contributed by atoms with Crippen LogP contribution < -0.4 is 0 Å². The fourth-order valence-electron chi connectivity index (χ4n) is 16.2. The number of hydrogen-bond donors (Lipinski definition) is 12. The zero-order valence-corrected chi connectivity index (χ0v) is 44.1. The Morgan fingerprint density at radius 3 is 1.89 bits per heavy atom. The number of allylic oxidation sites excluding steroid dienone is 3. The minimum absolute atomic E-state index is 0.0738. The van der Waals surface area contributed by atoms with E-state index < -0.39 is 165 Å². The van der Waals surface area contributed by atoms with Gasteiger partial charge in [0, 0.05) is 0 Å². The van der Waals surface area contributed by atoms with Crippen LogP contribution in [0.25, 0.3) is 0 Å². The molecule has 6 saturated heterocycles. The van der Waals surface area contributed by atoms with Crippen LogP contribution in [0, 0.1) is 38.9 Å². The Bertz CT molecular complexity index is 2210. The van der Waals surface area contributed by atoms with Crippen molar-refractivity contribution in [1.82, 2.24) is 0 Å². The lowest BCUT2D eigenvalue weighted by molar-refractivity contribution is -0.395. The smallest absolute Gasteiger partial charge is 0.317 e. The van der Waals surface area contributed by atoms with Crippen molar-refractivity contribution in [2.45, 2.75) is 241 Å². The van der Waals surface area contributed by atoms with Gasteiger partial charge in [-0.3, -0.25) is 4.79 Å². The average Bonchev–Trinajstić information content (AvgIpc) is 3.36. The Hall–Kier alpha value is -1.85. The predicted octanol–water partition coefficient (Wildman–Crippen LogP) is -1.32. The average molecular weight is 1070 g/mol. The van der Waals surface area contributed by atoms with Gasteiger partial charge in [-0.1, -0.05) is 46.8 Å². The molecule has 75 heavy (non-hydrogen) atoms. The third-order valence-electron chi connectivity index (χ3n) is 21.2. The van der Waals surface area contributed by atoms with Crippen LogP contribution in [0.1, 0.15) is 107 Å². The normalized spacial score (nSPS) is 56.3. The van der Waals surface area contributed by atoms with E-state index in [9.17, 15) is 66.1 Å². The zero-order valence-electron chi connectivity index (χ0n) is 44.1. The van der Waals surface area contributed by atoms with E-state index in [-0.39, 0.29) is 34.1 Å². The van der Waals surface area contributed by atoms with E-state index >= 15 is 0 Å². The highest BCUT2D eigenvalue weighted by Crippen LogP contribution is 2.75. The quantitative estimate of drug-likeness (QED) is 0.0892. The fraction of sp³-hybridized carbons (Fsp3) is 0.906. The van der Waals surface area contributed by atoms with E-state index in [0.717, 1.165) is 30.4 Å². The molecule has 22 heteroatoms. The highest BCUT2D eigenvalue weighted by molar-refractivity contribution is 5.86. The van der Waals surface area contributed by atoms with Gasteiger partial charge in [-0.25, -0.2) is 0 Å². The van der Waals surface area contributed by atoms with Crippen molar-refractivity contribution in [3.05, 3.63) is 23.3 Å². The molecule has 6 aliphatic heterocycles. The van der Waals surface area contributed by atoms with Gasteiger partial charge < -0.3 is 104 Å². The van der Waals surface area contributed by atoms with E-state index in [2.05, 4.69) is 46.8 Å². The van der Waals surface area contributed by atoms with Gasteiger partial charge in [-0.2, -0.15) is 0 Å². The molecule has 28 atom stereocenters. The largest absolute Gasteiger partial charge is 0.455 e. The molecule has 426 valence electrons. The Balaban J connectivity index is 0.890. The summed E-state index contributed by atoms with van der Waals surface area (Å²) in [6.07, 6.45) is -22.0. The molecule has 6 heterocycles. The third-order valence-corrected chi connectivity index (χ3v) is 21.2. The van der Waals surface area contributed by atoms with Crippen molar-refractivity contribution in [1.29, 1.82) is 0 Å². The van der Waals surface area contributed by atoms with Crippen LogP contribution in [0.15, 0.2) is 23.3 Å². The summed E-state index contributed by atoms with van der Waals surface area (Å²) in [5.41, 5.74) is -2.76. The number of hydrogen-bond acceptors (Lipinski definition) is 22. The molecule has 0 aromatic rings. The summed E-state index contributed by atoms with van der Waals surface area (Å²) in [6.45, 7) is 14.3. The lowest BCUT2D eigenvalue weighted by Crippen LogP contribution is -2.71. The molecule has 28 unspecified atom stereocenters. The minimum atomic E-state index is -1.99. The number of ether oxygens (including phenoxy) is 9. The van der Waals surface area contributed by atoms with Gasteiger partial charge >= 0.3 is 5.97 Å². The van der Waals surface area contributed by atoms with E-state index in [1.54, 1.807) is 0 Å². The number of rotatable bonds is 10. The number of carbonyl (C=O) groups is 1. The summed E-state index contributed by atoms with van der Waals surface area (Å²) < 4.78 is 54.3. The molecule has 12 N–H and O–H groups in total. The van der Waals surface area contributed by atoms with Crippen molar-refractivity contribution in [3.8, 4) is 0 Å². The van der Waals surface area contributed by atoms with Crippen LogP contribution in [0.3, 0.4) is 0 Å². The molecule has 0 aromatic carbocycles. The van der Waals surface area contributed by atoms with Gasteiger partial charge in [-0.05, 0) is 117 Å². The van der Waals surface area contributed by atoms with Crippen molar-refractivity contribution in [3.63, 3.8) is 0 Å². The van der Waals surface area contributed by atoms with Crippen LogP contribution in [0.4, 0.5) is 0 Å². The number of aliphatic hydroxyl groups is 12. The molecule has 2 bridgehead atoms. The molecule has 11 aliphatic rings. The zero-order chi connectivity index (χ0) is 54.5. The predicted molar refractivity (Wildman–Crippen MR) is 255 cm³/mol. The summed E-state index contributed by atoms with van der Waals surface area (Å²) in [5, 5.41) is 132. The van der Waals surface area contributed by atoms with Gasteiger partial charge in [0.25, 0.3) is 0 Å². The highest BCUT2D eigenvalue weighted by Gasteiger charge is 2.74. The molecular formula is C53H82O22. The van der Waals surface area contributed by atoms with E-state index in [4.69, 9.17) is 42.6 Å². The van der Waals surface area contributed by atoms with Gasteiger partial charge in [-0.15, -0.1) is 0 Å². The van der Waals surface area contributed by atoms with Crippen molar-refractivity contribution in [2.24, 2.45) is 38.9 Å². The van der Waals surface area contributed by atoms with E-state index in [0.29, 0.717) is 32.1 Å². The standard InChI is InChI=1S/C53H82O22/c1-22-30(57)34(61)36(63)42(68-22)73-39-31(58)24(56)21-67-44(39)72-38-33(60)26(20-55)69-43(37(38)64)74-40-35(62)32(59)25(19-54)70-45(40)71-29-12-13-48(4)27(47(29,2)3)11-14-50(6)28(48)10-9-23-41-52(8,66)51(7)16-18-53(41,46(65)75-51)17-15-49(23,50)5/h9-10,22,24-40,42-45,54-64,66H,11-21H2,1-8H3. The molecular weight excluding hydrogens is 989 g/mol. The first-order chi connectivity index (χ1) is 35.1. The SMILES string of the molecule is CC1OC(OC2C(OC3C(O)C(CO)OC(OC4C(OC5CCC6(C)C(CCC7(C)C6C=CC6=C8C9(CCC(C)(OC9=O)C8(C)O)CCC67C)C5(C)C)OC(CO)C(O)C4O)C3O)OCC(O)C2O)C(O)C(O)C1O. The Morgan fingerprint density at radius 1 is 0.613 bits per heavy atom. The minimum Gasteiger partial charge on any atom is -0.455 e. The van der Waals surface area contributed by atoms with Gasteiger partial charge in [0.1, 0.15) is 96.7 Å². The lowest BCUT2D eigenvalue weighted by Gasteiger charge is -2.71. The molecule has 0 aromatic heterocycles. The summed E-state index contributed by atoms with van der Waals surface area (Å²) in [4.78, 5) is 13.8. The second kappa shape index (κ2) is 19.4. The fourth-order valence-corrected chi connectivity index (χ4v) is 16.2. The van der Waals surface area contributed by atoms with Crippen molar-refractivity contribution in [2.75, 3.05) is 19.8 Å². The maximum Gasteiger partial charge on any atom is 0.317 e. The summed E-state index contributed by atoms with van der Waals surface area (Å²) in [5.74, 6) is -0.0625. The first-order valence-electron chi connectivity index (χ1n) is 27.0. The molecule has 3 saturated carbocycles. The molecule has 0 radical (unpaired) electrons. The Morgan fingerprint density at radius 2 is 1.23 bits per heavy atom. The molecule has 11 rings (SSSR count). The lowest BCUT2D eigenvalue weighted by atomic mass is 9.35. The summed E-state index contributed by atoms with van der Waals surface area (Å²) >= 11 is 0. The van der Waals surface area contributed by atoms with E-state index in [1.807, 2.05) is 13.8 Å². The topological polar surface area (TPSA) is 343 Å². The highest BCUT2D eigenvalue weighted by atomic mass is 16.8. The number of esters is 1. The Labute approximate surface area is 436 Å². The van der Waals surface area contributed by atoms with Crippen LogP contribution >= 0.6 is 0 Å². The second-order valence-electron chi connectivity index (χ2n) is 25.4. The monoisotopic (exact) mass is 1070 g/mol. The summed E-state index contributed by atoms with van der Waals surface area (Å²) in [7, 11) is 0. The molecule has 9 fully saturated rings. The third kappa shape index (κ3) is 8.27. The maximum absolute atomic E-state index is 13.8. The molecule has 1 spiro atoms.